The summed E-state index contributed by atoms with van der Waals surface area (Å²) in [7, 11) is 2.17. The van der Waals surface area contributed by atoms with Crippen LogP contribution in [0.15, 0.2) is 5.38 Å². The predicted molar refractivity (Wildman–Crippen MR) is 79.6 cm³/mol. The van der Waals surface area contributed by atoms with Gasteiger partial charge in [0.15, 0.2) is 0 Å². The number of aromatic nitrogens is 1. The zero-order chi connectivity index (χ0) is 13.7. The molecule has 1 aliphatic heterocycles. The van der Waals surface area contributed by atoms with Gasteiger partial charge in [-0.25, -0.2) is 4.98 Å². The van der Waals surface area contributed by atoms with E-state index in [0.717, 1.165) is 37.9 Å². The van der Waals surface area contributed by atoms with Gasteiger partial charge in [-0.1, -0.05) is 6.92 Å². The molecular formula is C14H25N3OS. The molecule has 2 rings (SSSR count). The summed E-state index contributed by atoms with van der Waals surface area (Å²) >= 11 is 1.73. The summed E-state index contributed by atoms with van der Waals surface area (Å²) in [6, 6.07) is 0.513. The highest BCUT2D eigenvalue weighted by Crippen LogP contribution is 2.16. The molecule has 1 fully saturated rings. The van der Waals surface area contributed by atoms with E-state index in [-0.39, 0.29) is 0 Å². The Hall–Kier alpha value is -0.490. The van der Waals surface area contributed by atoms with Gasteiger partial charge >= 0.3 is 0 Å². The maximum Gasteiger partial charge on any atom is 0.0897 e. The molecule has 0 saturated carbocycles. The van der Waals surface area contributed by atoms with Crippen molar-refractivity contribution < 1.29 is 4.74 Å². The van der Waals surface area contributed by atoms with Crippen LogP contribution in [0.25, 0.3) is 0 Å². The molecule has 2 unspecified atom stereocenters. The number of aryl methyl sites for hydroxylation is 1. The Morgan fingerprint density at radius 2 is 2.37 bits per heavy atom. The van der Waals surface area contributed by atoms with Crippen LogP contribution in [-0.4, -0.2) is 49.3 Å². The molecular weight excluding hydrogens is 258 g/mol. The summed E-state index contributed by atoms with van der Waals surface area (Å²) in [5.74, 6) is 0.594. The van der Waals surface area contributed by atoms with E-state index >= 15 is 0 Å². The second-order valence-corrected chi connectivity index (χ2v) is 6.47. The van der Waals surface area contributed by atoms with Crippen molar-refractivity contribution in [2.75, 3.05) is 33.4 Å². The van der Waals surface area contributed by atoms with Gasteiger partial charge in [0.25, 0.3) is 0 Å². The van der Waals surface area contributed by atoms with Gasteiger partial charge in [-0.2, -0.15) is 0 Å². The standard InChI is InChI=1S/C14H25N3OS/c1-4-5-15-14-9-18-8-12(14)6-17(3)7-13-10-19-11(2)16-13/h10,12,14-15H,4-9H2,1-3H3. The molecule has 19 heavy (non-hydrogen) atoms. The summed E-state index contributed by atoms with van der Waals surface area (Å²) < 4.78 is 5.62. The monoisotopic (exact) mass is 283 g/mol. The van der Waals surface area contributed by atoms with Crippen LogP contribution < -0.4 is 5.32 Å². The third-order valence-corrected chi connectivity index (χ3v) is 4.32. The van der Waals surface area contributed by atoms with Crippen molar-refractivity contribution in [1.82, 2.24) is 15.2 Å². The fourth-order valence-electron chi connectivity index (χ4n) is 2.56. The van der Waals surface area contributed by atoms with Crippen LogP contribution in [0.3, 0.4) is 0 Å². The summed E-state index contributed by atoms with van der Waals surface area (Å²) in [6.07, 6.45) is 1.18. The number of hydrogen-bond acceptors (Lipinski definition) is 5. The zero-order valence-electron chi connectivity index (χ0n) is 12.2. The van der Waals surface area contributed by atoms with E-state index < -0.39 is 0 Å². The van der Waals surface area contributed by atoms with Crippen LogP contribution in [0.5, 0.6) is 0 Å². The van der Waals surface area contributed by atoms with Crippen LogP contribution >= 0.6 is 11.3 Å². The van der Waals surface area contributed by atoms with Crippen molar-refractivity contribution in [3.8, 4) is 0 Å². The van der Waals surface area contributed by atoms with Crippen molar-refractivity contribution >= 4 is 11.3 Å². The van der Waals surface area contributed by atoms with E-state index in [1.165, 1.54) is 12.1 Å². The third kappa shape index (κ3) is 4.53. The number of rotatable bonds is 7. The maximum atomic E-state index is 5.62. The molecule has 1 N–H and O–H groups in total. The maximum absolute atomic E-state index is 5.62. The lowest BCUT2D eigenvalue weighted by molar-refractivity contribution is 0.172. The molecule has 2 atom stereocenters. The SMILES string of the molecule is CCCNC1COCC1CN(C)Cc1csc(C)n1. The minimum atomic E-state index is 0.513. The normalized spacial score (nSPS) is 23.4. The molecule has 1 aromatic rings. The first-order valence-corrected chi connectivity index (χ1v) is 7.97. The molecule has 0 amide bonds. The minimum absolute atomic E-state index is 0.513. The smallest absolute Gasteiger partial charge is 0.0897 e. The Balaban J connectivity index is 1.79. The molecule has 108 valence electrons. The summed E-state index contributed by atoms with van der Waals surface area (Å²) in [4.78, 5) is 6.88. The predicted octanol–water partition coefficient (Wildman–Crippen LogP) is 1.90. The van der Waals surface area contributed by atoms with Gasteiger partial charge in [-0.3, -0.25) is 0 Å². The van der Waals surface area contributed by atoms with Gasteiger partial charge in [0.2, 0.25) is 0 Å². The summed E-state index contributed by atoms with van der Waals surface area (Å²) in [5.41, 5.74) is 1.18. The first-order chi connectivity index (χ1) is 9.19. The lowest BCUT2D eigenvalue weighted by Gasteiger charge is -2.24. The van der Waals surface area contributed by atoms with Crippen molar-refractivity contribution in [2.24, 2.45) is 5.92 Å². The number of nitrogens with one attached hydrogen (secondary N) is 1. The molecule has 1 aliphatic rings. The highest BCUT2D eigenvalue weighted by molar-refractivity contribution is 7.09. The molecule has 1 saturated heterocycles. The Morgan fingerprint density at radius 1 is 1.53 bits per heavy atom. The van der Waals surface area contributed by atoms with E-state index in [0.29, 0.717) is 12.0 Å². The van der Waals surface area contributed by atoms with Crippen LogP contribution in [-0.2, 0) is 11.3 Å². The van der Waals surface area contributed by atoms with Crippen LogP contribution in [0.4, 0.5) is 0 Å². The molecule has 0 bridgehead atoms. The van der Waals surface area contributed by atoms with Gasteiger partial charge in [-0.15, -0.1) is 11.3 Å². The van der Waals surface area contributed by atoms with Crippen LogP contribution in [0, 0.1) is 12.8 Å². The molecule has 2 heterocycles. The summed E-state index contributed by atoms with van der Waals surface area (Å²) in [5, 5.41) is 6.89. The van der Waals surface area contributed by atoms with Crippen LogP contribution in [0.2, 0.25) is 0 Å². The number of hydrogen-bond donors (Lipinski definition) is 1. The van der Waals surface area contributed by atoms with E-state index in [9.17, 15) is 0 Å². The van der Waals surface area contributed by atoms with Crippen molar-refractivity contribution in [2.45, 2.75) is 32.9 Å². The molecule has 0 aromatic carbocycles. The first-order valence-electron chi connectivity index (χ1n) is 7.09. The highest BCUT2D eigenvalue weighted by Gasteiger charge is 2.28. The second kappa shape index (κ2) is 7.33. The first kappa shape index (κ1) is 14.9. The van der Waals surface area contributed by atoms with E-state index in [4.69, 9.17) is 4.74 Å². The average Bonchev–Trinajstić information content (AvgIpc) is 2.96. The van der Waals surface area contributed by atoms with Gasteiger partial charge in [0, 0.05) is 30.4 Å². The molecule has 1 aromatic heterocycles. The summed E-state index contributed by atoms with van der Waals surface area (Å²) in [6.45, 7) is 9.08. The fraction of sp³-hybridized carbons (Fsp3) is 0.786. The number of thiazole rings is 1. The second-order valence-electron chi connectivity index (χ2n) is 5.41. The quantitative estimate of drug-likeness (QED) is 0.829. The highest BCUT2D eigenvalue weighted by atomic mass is 32.1. The van der Waals surface area contributed by atoms with E-state index in [1.54, 1.807) is 11.3 Å². The zero-order valence-corrected chi connectivity index (χ0v) is 13.0. The van der Waals surface area contributed by atoms with Gasteiger partial charge in [0.1, 0.15) is 0 Å². The Kier molecular flexibility index (Phi) is 5.76. The van der Waals surface area contributed by atoms with Crippen molar-refractivity contribution in [3.63, 3.8) is 0 Å². The average molecular weight is 283 g/mol. The van der Waals surface area contributed by atoms with Gasteiger partial charge < -0.3 is 15.0 Å². The van der Waals surface area contributed by atoms with Gasteiger partial charge in [0.05, 0.1) is 23.9 Å². The largest absolute Gasteiger partial charge is 0.379 e. The van der Waals surface area contributed by atoms with Crippen molar-refractivity contribution in [1.29, 1.82) is 0 Å². The Labute approximate surface area is 120 Å². The topological polar surface area (TPSA) is 37.4 Å². The molecule has 0 spiro atoms. The Morgan fingerprint density at radius 3 is 3.05 bits per heavy atom. The minimum Gasteiger partial charge on any atom is -0.379 e. The molecule has 0 aliphatic carbocycles. The van der Waals surface area contributed by atoms with E-state index in [1.807, 2.05) is 0 Å². The van der Waals surface area contributed by atoms with Gasteiger partial charge in [-0.05, 0) is 26.9 Å². The Bertz CT molecular complexity index is 383. The third-order valence-electron chi connectivity index (χ3n) is 3.50. The molecule has 5 heteroatoms. The van der Waals surface area contributed by atoms with E-state index in [2.05, 4.69) is 41.5 Å². The lowest BCUT2D eigenvalue weighted by atomic mass is 10.0. The van der Waals surface area contributed by atoms with Crippen LogP contribution in [0.1, 0.15) is 24.0 Å². The number of ether oxygens (including phenoxy) is 1. The molecule has 0 radical (unpaired) electrons. The molecule has 4 nitrogen and oxygen atoms in total. The van der Waals surface area contributed by atoms with Crippen molar-refractivity contribution in [3.05, 3.63) is 16.1 Å². The number of nitrogens with zero attached hydrogens (tertiary/aromatic N) is 2. The fourth-order valence-corrected chi connectivity index (χ4v) is 3.16. The lowest BCUT2D eigenvalue weighted by Crippen LogP contribution is -2.41.